The summed E-state index contributed by atoms with van der Waals surface area (Å²) in [6.07, 6.45) is 5.35. The quantitative estimate of drug-likeness (QED) is 0.413. The van der Waals surface area contributed by atoms with Crippen LogP contribution >= 0.6 is 35.0 Å². The highest BCUT2D eigenvalue weighted by molar-refractivity contribution is 7.98. The summed E-state index contributed by atoms with van der Waals surface area (Å²) in [4.78, 5) is 13.2. The lowest BCUT2D eigenvalue weighted by atomic mass is 10.1. The second kappa shape index (κ2) is 6.98. The standard InChI is InChI=1S/C16H12Cl2OS/c1-20-13-6-2-11(3-7-13)4-9-16(19)12-5-8-14(17)15(18)10-12/h2-10H,1H3. The van der Waals surface area contributed by atoms with Gasteiger partial charge in [0.25, 0.3) is 0 Å². The van der Waals surface area contributed by atoms with Crippen molar-refractivity contribution in [3.63, 3.8) is 0 Å². The fourth-order valence-corrected chi connectivity index (χ4v) is 2.34. The smallest absolute Gasteiger partial charge is 0.185 e. The lowest BCUT2D eigenvalue weighted by molar-refractivity contribution is 0.104. The molecule has 0 atom stereocenters. The molecular formula is C16H12Cl2OS. The molecule has 0 aliphatic rings. The first kappa shape index (κ1) is 15.2. The van der Waals surface area contributed by atoms with Gasteiger partial charge in [0.1, 0.15) is 0 Å². The van der Waals surface area contributed by atoms with Gasteiger partial charge in [-0.1, -0.05) is 41.4 Å². The van der Waals surface area contributed by atoms with Crippen molar-refractivity contribution in [2.24, 2.45) is 0 Å². The predicted octanol–water partition coefficient (Wildman–Crippen LogP) is 5.61. The Hall–Kier alpha value is -1.22. The molecule has 0 unspecified atom stereocenters. The summed E-state index contributed by atoms with van der Waals surface area (Å²) < 4.78 is 0. The van der Waals surface area contributed by atoms with Crippen molar-refractivity contribution in [1.29, 1.82) is 0 Å². The van der Waals surface area contributed by atoms with E-state index >= 15 is 0 Å². The third kappa shape index (κ3) is 3.89. The maximum Gasteiger partial charge on any atom is 0.185 e. The average molecular weight is 323 g/mol. The summed E-state index contributed by atoms with van der Waals surface area (Å²) in [5.41, 5.74) is 1.51. The number of hydrogen-bond donors (Lipinski definition) is 0. The molecule has 4 heteroatoms. The lowest BCUT2D eigenvalue weighted by Gasteiger charge is -1.99. The number of halogens is 2. The van der Waals surface area contributed by atoms with Gasteiger partial charge in [-0.05, 0) is 48.2 Å². The Kier molecular flexibility index (Phi) is 5.30. The molecule has 0 saturated heterocycles. The number of ketones is 1. The highest BCUT2D eigenvalue weighted by Gasteiger charge is 2.05. The molecule has 2 aromatic carbocycles. The van der Waals surface area contributed by atoms with E-state index in [-0.39, 0.29) is 5.78 Å². The highest BCUT2D eigenvalue weighted by atomic mass is 35.5. The molecule has 0 radical (unpaired) electrons. The van der Waals surface area contributed by atoms with E-state index in [1.54, 1.807) is 36.0 Å². The fraction of sp³-hybridized carbons (Fsp3) is 0.0625. The van der Waals surface area contributed by atoms with Gasteiger partial charge in [-0.15, -0.1) is 11.8 Å². The van der Waals surface area contributed by atoms with Crippen molar-refractivity contribution in [2.75, 3.05) is 6.26 Å². The van der Waals surface area contributed by atoms with Gasteiger partial charge in [0.15, 0.2) is 5.78 Å². The molecule has 0 spiro atoms. The van der Waals surface area contributed by atoms with Crippen LogP contribution in [0.25, 0.3) is 6.08 Å². The first-order valence-corrected chi connectivity index (χ1v) is 7.90. The van der Waals surface area contributed by atoms with E-state index in [2.05, 4.69) is 0 Å². The molecule has 102 valence electrons. The number of allylic oxidation sites excluding steroid dienone is 1. The Balaban J connectivity index is 2.13. The van der Waals surface area contributed by atoms with Crippen molar-refractivity contribution < 1.29 is 4.79 Å². The van der Waals surface area contributed by atoms with Gasteiger partial charge >= 0.3 is 0 Å². The summed E-state index contributed by atoms with van der Waals surface area (Å²) in [6.45, 7) is 0. The second-order valence-corrected chi connectivity index (χ2v) is 5.79. The highest BCUT2D eigenvalue weighted by Crippen LogP contribution is 2.23. The third-order valence-corrected chi connectivity index (χ3v) is 4.23. The molecule has 2 aromatic rings. The monoisotopic (exact) mass is 322 g/mol. The zero-order valence-corrected chi connectivity index (χ0v) is 13.1. The van der Waals surface area contributed by atoms with E-state index in [0.717, 1.165) is 5.56 Å². The topological polar surface area (TPSA) is 17.1 Å². The maximum absolute atomic E-state index is 12.0. The third-order valence-electron chi connectivity index (χ3n) is 2.75. The number of benzene rings is 2. The first-order chi connectivity index (χ1) is 9.60. The molecule has 0 aliphatic heterocycles. The Morgan fingerprint density at radius 3 is 2.35 bits per heavy atom. The van der Waals surface area contributed by atoms with Crippen LogP contribution in [-0.4, -0.2) is 12.0 Å². The van der Waals surface area contributed by atoms with E-state index in [1.807, 2.05) is 30.5 Å². The molecule has 0 aromatic heterocycles. The summed E-state index contributed by atoms with van der Waals surface area (Å²) in [7, 11) is 0. The summed E-state index contributed by atoms with van der Waals surface area (Å²) in [5, 5.41) is 0.829. The normalized spacial score (nSPS) is 10.9. The Morgan fingerprint density at radius 2 is 1.75 bits per heavy atom. The molecule has 2 rings (SSSR count). The zero-order valence-electron chi connectivity index (χ0n) is 10.8. The van der Waals surface area contributed by atoms with E-state index in [4.69, 9.17) is 23.2 Å². The van der Waals surface area contributed by atoms with Crippen LogP contribution in [0.3, 0.4) is 0 Å². The largest absolute Gasteiger partial charge is 0.289 e. The van der Waals surface area contributed by atoms with Gasteiger partial charge in [0.2, 0.25) is 0 Å². The predicted molar refractivity (Wildman–Crippen MR) is 88.0 cm³/mol. The minimum Gasteiger partial charge on any atom is -0.289 e. The number of hydrogen-bond acceptors (Lipinski definition) is 2. The van der Waals surface area contributed by atoms with E-state index < -0.39 is 0 Å². The van der Waals surface area contributed by atoms with Crippen LogP contribution in [0.15, 0.2) is 53.4 Å². The number of carbonyl (C=O) groups excluding carboxylic acids is 1. The average Bonchev–Trinajstić information content (AvgIpc) is 2.48. The first-order valence-electron chi connectivity index (χ1n) is 5.91. The molecule has 0 amide bonds. The lowest BCUT2D eigenvalue weighted by Crippen LogP contribution is -1.93. The molecule has 1 nitrogen and oxygen atoms in total. The van der Waals surface area contributed by atoms with Crippen molar-refractivity contribution in [3.8, 4) is 0 Å². The molecule has 0 aliphatic carbocycles. The molecule has 0 N–H and O–H groups in total. The minimum absolute atomic E-state index is 0.0995. The molecule has 0 bridgehead atoms. The van der Waals surface area contributed by atoms with Crippen molar-refractivity contribution >= 4 is 46.8 Å². The Labute approximate surface area is 132 Å². The van der Waals surface area contributed by atoms with Gasteiger partial charge < -0.3 is 0 Å². The van der Waals surface area contributed by atoms with Crippen molar-refractivity contribution in [2.45, 2.75) is 4.90 Å². The molecule has 0 saturated carbocycles. The van der Waals surface area contributed by atoms with Crippen LogP contribution < -0.4 is 0 Å². The van der Waals surface area contributed by atoms with E-state index in [1.165, 1.54) is 11.0 Å². The van der Waals surface area contributed by atoms with Crippen LogP contribution in [0.1, 0.15) is 15.9 Å². The number of carbonyl (C=O) groups is 1. The van der Waals surface area contributed by atoms with Crippen molar-refractivity contribution in [3.05, 3.63) is 69.7 Å². The van der Waals surface area contributed by atoms with Crippen LogP contribution in [0.4, 0.5) is 0 Å². The van der Waals surface area contributed by atoms with Crippen LogP contribution in [-0.2, 0) is 0 Å². The zero-order chi connectivity index (χ0) is 14.5. The molecule has 20 heavy (non-hydrogen) atoms. The van der Waals surface area contributed by atoms with Gasteiger partial charge in [-0.3, -0.25) is 4.79 Å². The van der Waals surface area contributed by atoms with Crippen LogP contribution in [0.5, 0.6) is 0 Å². The van der Waals surface area contributed by atoms with Gasteiger partial charge in [0.05, 0.1) is 10.0 Å². The Morgan fingerprint density at radius 1 is 1.05 bits per heavy atom. The number of thioether (sulfide) groups is 1. The minimum atomic E-state index is -0.0995. The maximum atomic E-state index is 12.0. The SMILES string of the molecule is CSc1ccc(C=CC(=O)c2ccc(Cl)c(Cl)c2)cc1. The fourth-order valence-electron chi connectivity index (χ4n) is 1.63. The van der Waals surface area contributed by atoms with Gasteiger partial charge in [-0.2, -0.15) is 0 Å². The summed E-state index contributed by atoms with van der Waals surface area (Å²) in [6, 6.07) is 12.9. The molecule has 0 heterocycles. The second-order valence-electron chi connectivity index (χ2n) is 4.10. The summed E-state index contributed by atoms with van der Waals surface area (Å²) in [5.74, 6) is -0.0995. The van der Waals surface area contributed by atoms with Gasteiger partial charge in [-0.25, -0.2) is 0 Å². The number of rotatable bonds is 4. The van der Waals surface area contributed by atoms with E-state index in [0.29, 0.717) is 15.6 Å². The van der Waals surface area contributed by atoms with Crippen molar-refractivity contribution in [1.82, 2.24) is 0 Å². The molecule has 0 fully saturated rings. The Bertz CT molecular complexity index is 648. The summed E-state index contributed by atoms with van der Waals surface area (Å²) >= 11 is 13.4. The van der Waals surface area contributed by atoms with E-state index in [9.17, 15) is 4.79 Å². The molecular weight excluding hydrogens is 311 g/mol. The van der Waals surface area contributed by atoms with Crippen LogP contribution in [0, 0.1) is 0 Å². The van der Waals surface area contributed by atoms with Gasteiger partial charge in [0, 0.05) is 10.5 Å². The van der Waals surface area contributed by atoms with Crippen LogP contribution in [0.2, 0.25) is 10.0 Å².